The van der Waals surface area contributed by atoms with Crippen molar-refractivity contribution in [3.05, 3.63) is 69.9 Å². The van der Waals surface area contributed by atoms with E-state index in [0.717, 1.165) is 60.4 Å². The maximum Gasteiger partial charge on any atom is 0.313 e. The molecule has 1 fully saturated rings. The lowest BCUT2D eigenvalue weighted by atomic mass is 9.94. The molecule has 2 aromatic carbocycles. The Morgan fingerprint density at radius 3 is 2.42 bits per heavy atom. The summed E-state index contributed by atoms with van der Waals surface area (Å²) in [5, 5.41) is 14.4. The molecule has 8 nitrogen and oxygen atoms in total. The molecule has 0 radical (unpaired) electrons. The molecule has 1 amide bonds. The molecule has 3 aromatic rings. The van der Waals surface area contributed by atoms with E-state index < -0.39 is 6.04 Å². The smallest absolute Gasteiger partial charge is 0.313 e. The van der Waals surface area contributed by atoms with Crippen molar-refractivity contribution in [2.45, 2.75) is 38.8 Å². The number of hydrogen-bond acceptors (Lipinski definition) is 6. The first-order chi connectivity index (χ1) is 18.4. The van der Waals surface area contributed by atoms with Gasteiger partial charge in [-0.05, 0) is 48.2 Å². The second-order valence-electron chi connectivity index (χ2n) is 9.58. The van der Waals surface area contributed by atoms with Gasteiger partial charge in [-0.2, -0.15) is 0 Å². The van der Waals surface area contributed by atoms with Crippen molar-refractivity contribution in [2.24, 2.45) is 7.05 Å². The van der Waals surface area contributed by atoms with Crippen LogP contribution in [-0.2, 0) is 27.9 Å². The second kappa shape index (κ2) is 12.8. The number of aryl methyl sites for hydroxylation is 1. The van der Waals surface area contributed by atoms with E-state index in [1.54, 1.807) is 13.0 Å². The van der Waals surface area contributed by atoms with Crippen LogP contribution in [0.3, 0.4) is 0 Å². The third kappa shape index (κ3) is 6.21. The number of rotatable bonds is 10. The first kappa shape index (κ1) is 28.1. The van der Waals surface area contributed by atoms with Crippen LogP contribution in [0, 0.1) is 0 Å². The van der Waals surface area contributed by atoms with E-state index in [4.69, 9.17) is 21.1 Å². The molecule has 2 N–H and O–H groups in total. The zero-order chi connectivity index (χ0) is 27.2. The number of esters is 1. The Labute approximate surface area is 228 Å². The number of carbonyl (C=O) groups is 2. The van der Waals surface area contributed by atoms with Gasteiger partial charge in [-0.1, -0.05) is 42.8 Å². The number of fused-ring (bicyclic) bond motifs is 1. The fourth-order valence-corrected chi connectivity index (χ4v) is 5.27. The van der Waals surface area contributed by atoms with Gasteiger partial charge in [0.05, 0.1) is 48.9 Å². The topological polar surface area (TPSA) is 93.0 Å². The van der Waals surface area contributed by atoms with Crippen LogP contribution in [0.1, 0.15) is 59.4 Å². The summed E-state index contributed by atoms with van der Waals surface area (Å²) >= 11 is 6.63. The standard InChI is InChI=1S/C29H36ClN3O5/c1-4-22(29(36)38-5-2)20-6-8-21(9-7-20)25(18-34)31-28(35)27-16-23-24(30)14-19(15-26(23)32(27)3)17-33-10-12-37-13-11-33/h6-9,14-16,22,25,34H,4-5,10-13,17-18H2,1-3H3,(H,31,35)/t22?,25-/m1/s1. The van der Waals surface area contributed by atoms with Crippen LogP contribution >= 0.6 is 11.6 Å². The molecule has 1 aromatic heterocycles. The summed E-state index contributed by atoms with van der Waals surface area (Å²) in [5.74, 6) is -0.910. The van der Waals surface area contributed by atoms with Crippen LogP contribution in [0.2, 0.25) is 5.02 Å². The molecule has 2 heterocycles. The quantitative estimate of drug-likeness (QED) is 0.374. The molecule has 1 aliphatic heterocycles. The number of aliphatic hydroxyl groups is 1. The number of ether oxygens (including phenoxy) is 2. The van der Waals surface area contributed by atoms with E-state index in [1.165, 1.54) is 0 Å². The third-order valence-corrected chi connectivity index (χ3v) is 7.43. The number of carbonyl (C=O) groups excluding carboxylic acids is 2. The molecule has 9 heteroatoms. The van der Waals surface area contributed by atoms with Crippen molar-refractivity contribution in [2.75, 3.05) is 39.5 Å². The minimum absolute atomic E-state index is 0.253. The van der Waals surface area contributed by atoms with E-state index in [1.807, 2.05) is 48.9 Å². The molecule has 1 aliphatic rings. The van der Waals surface area contributed by atoms with Crippen LogP contribution in [-0.4, -0.2) is 66.0 Å². The number of aromatic nitrogens is 1. The summed E-state index contributed by atoms with van der Waals surface area (Å²) in [7, 11) is 1.84. The highest BCUT2D eigenvalue weighted by Crippen LogP contribution is 2.30. The van der Waals surface area contributed by atoms with Gasteiger partial charge in [0.15, 0.2) is 0 Å². The van der Waals surface area contributed by atoms with Crippen molar-refractivity contribution in [1.29, 1.82) is 0 Å². The summed E-state index contributed by atoms with van der Waals surface area (Å²) in [5.41, 5.74) is 4.00. The largest absolute Gasteiger partial charge is 0.466 e. The predicted molar refractivity (Wildman–Crippen MR) is 147 cm³/mol. The van der Waals surface area contributed by atoms with E-state index in [9.17, 15) is 14.7 Å². The molecule has 1 saturated heterocycles. The number of halogens is 1. The summed E-state index contributed by atoms with van der Waals surface area (Å²) in [4.78, 5) is 27.9. The van der Waals surface area contributed by atoms with E-state index in [-0.39, 0.29) is 24.4 Å². The molecular formula is C29H36ClN3O5. The molecule has 1 unspecified atom stereocenters. The molecular weight excluding hydrogens is 506 g/mol. The van der Waals surface area contributed by atoms with Gasteiger partial charge < -0.3 is 24.5 Å². The maximum atomic E-state index is 13.3. The van der Waals surface area contributed by atoms with Gasteiger partial charge in [-0.3, -0.25) is 14.5 Å². The highest BCUT2D eigenvalue weighted by atomic mass is 35.5. The number of morpholine rings is 1. The summed E-state index contributed by atoms with van der Waals surface area (Å²) < 4.78 is 12.5. The van der Waals surface area contributed by atoms with Gasteiger partial charge in [0.25, 0.3) is 5.91 Å². The lowest BCUT2D eigenvalue weighted by Gasteiger charge is -2.26. The highest BCUT2D eigenvalue weighted by molar-refractivity contribution is 6.35. The summed E-state index contributed by atoms with van der Waals surface area (Å²) in [6.07, 6.45) is 0.621. The average molecular weight is 542 g/mol. The Kier molecular flexibility index (Phi) is 9.44. The Morgan fingerprint density at radius 1 is 1.11 bits per heavy atom. The zero-order valence-corrected chi connectivity index (χ0v) is 23.0. The number of nitrogens with zero attached hydrogens (tertiary/aromatic N) is 2. The molecule has 2 atom stereocenters. The molecule has 0 saturated carbocycles. The summed E-state index contributed by atoms with van der Waals surface area (Å²) in [6, 6.07) is 12.6. The fourth-order valence-electron chi connectivity index (χ4n) is 4.98. The van der Waals surface area contributed by atoms with E-state index >= 15 is 0 Å². The zero-order valence-electron chi connectivity index (χ0n) is 22.2. The minimum atomic E-state index is -0.607. The van der Waals surface area contributed by atoms with Crippen LogP contribution in [0.5, 0.6) is 0 Å². The normalized spacial score (nSPS) is 15.8. The van der Waals surface area contributed by atoms with Gasteiger partial charge in [-0.25, -0.2) is 0 Å². The van der Waals surface area contributed by atoms with Gasteiger partial charge in [0.1, 0.15) is 5.69 Å². The molecule has 204 valence electrons. The lowest BCUT2D eigenvalue weighted by Crippen LogP contribution is -2.35. The summed E-state index contributed by atoms with van der Waals surface area (Å²) in [6.45, 7) is 7.76. The Hall–Kier alpha value is -2.91. The van der Waals surface area contributed by atoms with Crippen molar-refractivity contribution in [3.8, 4) is 0 Å². The van der Waals surface area contributed by atoms with Crippen molar-refractivity contribution < 1.29 is 24.2 Å². The second-order valence-corrected chi connectivity index (χ2v) is 9.98. The fraction of sp³-hybridized carbons (Fsp3) is 0.448. The number of amides is 1. The number of aliphatic hydroxyl groups excluding tert-OH is 1. The molecule has 38 heavy (non-hydrogen) atoms. The molecule has 0 bridgehead atoms. The Balaban J connectivity index is 1.51. The van der Waals surface area contributed by atoms with Crippen LogP contribution in [0.15, 0.2) is 42.5 Å². The first-order valence-electron chi connectivity index (χ1n) is 13.1. The maximum absolute atomic E-state index is 13.3. The highest BCUT2D eigenvalue weighted by Gasteiger charge is 2.23. The molecule has 0 spiro atoms. The number of nitrogens with one attached hydrogen (secondary N) is 1. The predicted octanol–water partition coefficient (Wildman–Crippen LogP) is 4.18. The van der Waals surface area contributed by atoms with Crippen LogP contribution in [0.25, 0.3) is 10.9 Å². The van der Waals surface area contributed by atoms with Crippen molar-refractivity contribution >= 4 is 34.4 Å². The van der Waals surface area contributed by atoms with Crippen LogP contribution in [0.4, 0.5) is 0 Å². The third-order valence-electron chi connectivity index (χ3n) is 7.12. The van der Waals surface area contributed by atoms with Gasteiger partial charge in [0.2, 0.25) is 0 Å². The monoisotopic (exact) mass is 541 g/mol. The first-order valence-corrected chi connectivity index (χ1v) is 13.5. The van der Waals surface area contributed by atoms with E-state index in [0.29, 0.717) is 23.7 Å². The van der Waals surface area contributed by atoms with Gasteiger partial charge in [-0.15, -0.1) is 0 Å². The SMILES string of the molecule is CCOC(=O)C(CC)c1ccc([C@@H](CO)NC(=O)c2cc3c(Cl)cc(CN4CCOCC4)cc3n2C)cc1. The van der Waals surface area contributed by atoms with Gasteiger partial charge in [0, 0.05) is 32.1 Å². The number of benzene rings is 2. The molecule has 4 rings (SSSR count). The van der Waals surface area contributed by atoms with E-state index in [2.05, 4.69) is 16.3 Å². The van der Waals surface area contributed by atoms with Crippen molar-refractivity contribution in [1.82, 2.24) is 14.8 Å². The molecule has 0 aliphatic carbocycles. The average Bonchev–Trinajstić information content (AvgIpc) is 3.26. The number of hydrogen-bond donors (Lipinski definition) is 2. The Bertz CT molecular complexity index is 1270. The van der Waals surface area contributed by atoms with Crippen LogP contribution < -0.4 is 5.32 Å². The van der Waals surface area contributed by atoms with Crippen molar-refractivity contribution in [3.63, 3.8) is 0 Å². The minimum Gasteiger partial charge on any atom is -0.466 e. The van der Waals surface area contributed by atoms with Gasteiger partial charge >= 0.3 is 5.97 Å². The Morgan fingerprint density at radius 2 is 1.79 bits per heavy atom. The lowest BCUT2D eigenvalue weighted by molar-refractivity contribution is -0.145.